The number of hydrogen-bond acceptors (Lipinski definition) is 2. The van der Waals surface area contributed by atoms with Crippen LogP contribution in [0.25, 0.3) is 0 Å². The average Bonchev–Trinajstić information content (AvgIpc) is 2.23. The van der Waals surface area contributed by atoms with E-state index in [4.69, 9.17) is 16.7 Å². The van der Waals surface area contributed by atoms with Crippen molar-refractivity contribution >= 4 is 23.3 Å². The van der Waals surface area contributed by atoms with Crippen LogP contribution < -0.4 is 4.90 Å². The van der Waals surface area contributed by atoms with Gasteiger partial charge in [-0.2, -0.15) is 0 Å². The van der Waals surface area contributed by atoms with E-state index in [0.717, 1.165) is 12.1 Å². The van der Waals surface area contributed by atoms with Crippen LogP contribution in [-0.4, -0.2) is 23.2 Å². The number of benzene rings is 1. The number of anilines is 1. The van der Waals surface area contributed by atoms with E-state index in [9.17, 15) is 4.79 Å². The first kappa shape index (κ1) is 13.2. The summed E-state index contributed by atoms with van der Waals surface area (Å²) in [5, 5.41) is 9.73. The standard InChI is InChI=1S/C14H18ClNO2/c1-9-7-14(2,3)16(8-13(17)18)12-6-10(15)4-5-11(9)12/h4-6,9H,7-8H2,1-3H3,(H,17,18). The highest BCUT2D eigenvalue weighted by Crippen LogP contribution is 2.43. The van der Waals surface area contributed by atoms with E-state index in [1.165, 1.54) is 5.56 Å². The minimum atomic E-state index is -0.816. The lowest BCUT2D eigenvalue weighted by atomic mass is 9.80. The van der Waals surface area contributed by atoms with Crippen LogP contribution in [-0.2, 0) is 4.79 Å². The molecule has 0 spiro atoms. The summed E-state index contributed by atoms with van der Waals surface area (Å²) in [6.07, 6.45) is 0.939. The molecular weight excluding hydrogens is 250 g/mol. The molecule has 1 aromatic rings. The first-order chi connectivity index (χ1) is 8.31. The van der Waals surface area contributed by atoms with Crippen LogP contribution >= 0.6 is 11.6 Å². The number of carbonyl (C=O) groups is 1. The van der Waals surface area contributed by atoms with Gasteiger partial charge in [-0.3, -0.25) is 4.79 Å². The van der Waals surface area contributed by atoms with Gasteiger partial charge in [0.25, 0.3) is 0 Å². The fraction of sp³-hybridized carbons (Fsp3) is 0.500. The Bertz CT molecular complexity index is 485. The summed E-state index contributed by atoms with van der Waals surface area (Å²) in [6, 6.07) is 5.75. The zero-order chi connectivity index (χ0) is 13.5. The third-order valence-corrected chi connectivity index (χ3v) is 3.88. The van der Waals surface area contributed by atoms with Crippen LogP contribution in [0.3, 0.4) is 0 Å². The second-order valence-corrected chi connectivity index (χ2v) is 6.04. The fourth-order valence-corrected chi connectivity index (χ4v) is 3.06. The van der Waals surface area contributed by atoms with E-state index >= 15 is 0 Å². The molecular formula is C14H18ClNO2. The summed E-state index contributed by atoms with van der Waals surface area (Å²) >= 11 is 6.05. The maximum atomic E-state index is 11.1. The number of carboxylic acids is 1. The van der Waals surface area contributed by atoms with Gasteiger partial charge in [0.2, 0.25) is 0 Å². The zero-order valence-electron chi connectivity index (χ0n) is 10.9. The van der Waals surface area contributed by atoms with Crippen molar-refractivity contribution in [2.45, 2.75) is 38.6 Å². The Balaban J connectivity index is 2.52. The van der Waals surface area contributed by atoms with Crippen molar-refractivity contribution in [3.8, 4) is 0 Å². The van der Waals surface area contributed by atoms with Gasteiger partial charge in [0.1, 0.15) is 6.54 Å². The first-order valence-corrected chi connectivity index (χ1v) is 6.48. The molecule has 98 valence electrons. The van der Waals surface area contributed by atoms with Crippen molar-refractivity contribution in [3.05, 3.63) is 28.8 Å². The number of fused-ring (bicyclic) bond motifs is 1. The summed E-state index contributed by atoms with van der Waals surface area (Å²) < 4.78 is 0. The summed E-state index contributed by atoms with van der Waals surface area (Å²) in [5.41, 5.74) is 1.96. The van der Waals surface area contributed by atoms with Gasteiger partial charge in [-0.05, 0) is 43.9 Å². The van der Waals surface area contributed by atoms with Gasteiger partial charge in [-0.15, -0.1) is 0 Å². The number of aliphatic carboxylic acids is 1. The van der Waals surface area contributed by atoms with Crippen molar-refractivity contribution in [1.82, 2.24) is 0 Å². The topological polar surface area (TPSA) is 40.5 Å². The second-order valence-electron chi connectivity index (χ2n) is 5.60. The van der Waals surface area contributed by atoms with E-state index in [-0.39, 0.29) is 12.1 Å². The van der Waals surface area contributed by atoms with E-state index in [1.807, 2.05) is 23.1 Å². The number of hydrogen-bond donors (Lipinski definition) is 1. The maximum Gasteiger partial charge on any atom is 0.323 e. The Kier molecular flexibility index (Phi) is 3.28. The van der Waals surface area contributed by atoms with E-state index in [2.05, 4.69) is 20.8 Å². The molecule has 1 aliphatic heterocycles. The van der Waals surface area contributed by atoms with Crippen molar-refractivity contribution in [2.75, 3.05) is 11.4 Å². The molecule has 1 unspecified atom stereocenters. The molecule has 1 aromatic carbocycles. The van der Waals surface area contributed by atoms with Crippen molar-refractivity contribution in [1.29, 1.82) is 0 Å². The Morgan fingerprint density at radius 1 is 1.56 bits per heavy atom. The lowest BCUT2D eigenvalue weighted by Gasteiger charge is -2.46. The zero-order valence-corrected chi connectivity index (χ0v) is 11.7. The number of carboxylic acid groups (broad SMARTS) is 1. The fourth-order valence-electron chi connectivity index (χ4n) is 2.90. The molecule has 0 saturated heterocycles. The smallest absolute Gasteiger partial charge is 0.323 e. The molecule has 2 rings (SSSR count). The minimum absolute atomic E-state index is 0.00701. The van der Waals surface area contributed by atoms with Crippen molar-refractivity contribution < 1.29 is 9.90 Å². The Labute approximate surface area is 112 Å². The van der Waals surface area contributed by atoms with Crippen LogP contribution in [0, 0.1) is 0 Å². The van der Waals surface area contributed by atoms with Gasteiger partial charge in [0.15, 0.2) is 0 Å². The lowest BCUT2D eigenvalue weighted by molar-refractivity contribution is -0.135. The van der Waals surface area contributed by atoms with Gasteiger partial charge < -0.3 is 10.0 Å². The van der Waals surface area contributed by atoms with E-state index in [1.54, 1.807) is 0 Å². The third-order valence-electron chi connectivity index (χ3n) is 3.64. The van der Waals surface area contributed by atoms with Crippen LogP contribution in [0.5, 0.6) is 0 Å². The molecule has 0 amide bonds. The largest absolute Gasteiger partial charge is 0.480 e. The van der Waals surface area contributed by atoms with Crippen LogP contribution in [0.15, 0.2) is 18.2 Å². The summed E-state index contributed by atoms with van der Waals surface area (Å²) in [5.74, 6) is -0.402. The molecule has 1 heterocycles. The van der Waals surface area contributed by atoms with Crippen LogP contribution in [0.2, 0.25) is 5.02 Å². The molecule has 1 atom stereocenters. The molecule has 0 aromatic heterocycles. The molecule has 3 nitrogen and oxygen atoms in total. The summed E-state index contributed by atoms with van der Waals surface area (Å²) in [6.45, 7) is 6.34. The minimum Gasteiger partial charge on any atom is -0.480 e. The Morgan fingerprint density at radius 3 is 2.83 bits per heavy atom. The van der Waals surface area contributed by atoms with Gasteiger partial charge in [-0.1, -0.05) is 24.6 Å². The van der Waals surface area contributed by atoms with E-state index < -0.39 is 5.97 Å². The number of rotatable bonds is 2. The second kappa shape index (κ2) is 4.47. The predicted molar refractivity (Wildman–Crippen MR) is 73.5 cm³/mol. The van der Waals surface area contributed by atoms with Gasteiger partial charge in [-0.25, -0.2) is 0 Å². The Hall–Kier alpha value is -1.22. The molecule has 0 radical (unpaired) electrons. The lowest BCUT2D eigenvalue weighted by Crippen LogP contribution is -2.50. The summed E-state index contributed by atoms with van der Waals surface area (Å²) in [7, 11) is 0. The van der Waals surface area contributed by atoms with Crippen LogP contribution in [0.1, 0.15) is 38.7 Å². The summed E-state index contributed by atoms with van der Waals surface area (Å²) in [4.78, 5) is 13.0. The third kappa shape index (κ3) is 2.32. The van der Waals surface area contributed by atoms with Crippen LogP contribution in [0.4, 0.5) is 5.69 Å². The predicted octanol–water partition coefficient (Wildman–Crippen LogP) is 3.52. The first-order valence-electron chi connectivity index (χ1n) is 6.10. The monoisotopic (exact) mass is 267 g/mol. The molecule has 0 aliphatic carbocycles. The average molecular weight is 268 g/mol. The molecule has 0 bridgehead atoms. The van der Waals surface area contributed by atoms with Crippen molar-refractivity contribution in [2.24, 2.45) is 0 Å². The molecule has 0 saturated carbocycles. The Morgan fingerprint density at radius 2 is 2.22 bits per heavy atom. The molecule has 1 N–H and O–H groups in total. The van der Waals surface area contributed by atoms with Gasteiger partial charge in [0, 0.05) is 16.2 Å². The van der Waals surface area contributed by atoms with Crippen molar-refractivity contribution in [3.63, 3.8) is 0 Å². The van der Waals surface area contributed by atoms with E-state index in [0.29, 0.717) is 10.9 Å². The normalized spacial score (nSPS) is 21.6. The highest BCUT2D eigenvalue weighted by Gasteiger charge is 2.37. The quantitative estimate of drug-likeness (QED) is 0.891. The molecule has 1 aliphatic rings. The number of halogens is 1. The highest BCUT2D eigenvalue weighted by molar-refractivity contribution is 6.30. The SMILES string of the molecule is CC1CC(C)(C)N(CC(=O)O)c2cc(Cl)ccc21. The molecule has 18 heavy (non-hydrogen) atoms. The van der Waals surface area contributed by atoms with Gasteiger partial charge in [0.05, 0.1) is 0 Å². The number of nitrogens with zero attached hydrogens (tertiary/aromatic N) is 1. The maximum absolute atomic E-state index is 11.1. The van der Waals surface area contributed by atoms with Gasteiger partial charge >= 0.3 is 5.97 Å². The molecule has 0 fully saturated rings. The molecule has 4 heteroatoms. The highest BCUT2D eigenvalue weighted by atomic mass is 35.5.